The number of para-hydroxylation sites is 1. The Hall–Kier alpha value is -3.56. The van der Waals surface area contributed by atoms with Crippen LogP contribution in [-0.2, 0) is 16.1 Å². The van der Waals surface area contributed by atoms with Crippen molar-refractivity contribution in [3.8, 4) is 11.3 Å². The van der Waals surface area contributed by atoms with Crippen molar-refractivity contribution >= 4 is 35.1 Å². The molecule has 0 saturated heterocycles. The van der Waals surface area contributed by atoms with Crippen LogP contribution in [0.2, 0.25) is 5.02 Å². The number of hydrogen-bond acceptors (Lipinski definition) is 5. The highest BCUT2D eigenvalue weighted by Crippen LogP contribution is 2.33. The molecule has 2 aromatic carbocycles. The minimum Gasteiger partial charge on any atom is -0.465 e. The Balaban J connectivity index is 1.99. The Kier molecular flexibility index (Phi) is 7.92. The summed E-state index contributed by atoms with van der Waals surface area (Å²) >= 11 is 6.38. The summed E-state index contributed by atoms with van der Waals surface area (Å²) in [6.45, 7) is 2.19. The van der Waals surface area contributed by atoms with Gasteiger partial charge in [0.2, 0.25) is 0 Å². The van der Waals surface area contributed by atoms with Gasteiger partial charge in [0.15, 0.2) is 0 Å². The van der Waals surface area contributed by atoms with Gasteiger partial charge in [-0.3, -0.25) is 4.79 Å². The van der Waals surface area contributed by atoms with Gasteiger partial charge in [0.1, 0.15) is 23.1 Å². The maximum absolute atomic E-state index is 14.4. The van der Waals surface area contributed by atoms with Crippen LogP contribution in [0.5, 0.6) is 0 Å². The SMILES string of the molecule is CCOC(=O)CNCc1c(Cl)cccc1-c1cccc(N(C(N)=O)c2c(F)cccc2F)n1. The van der Waals surface area contributed by atoms with Crippen LogP contribution in [-0.4, -0.2) is 30.1 Å². The van der Waals surface area contributed by atoms with E-state index in [1.165, 1.54) is 12.1 Å². The number of carbonyl (C=O) groups is 2. The Labute approximate surface area is 194 Å². The minimum absolute atomic E-state index is 0.0199. The zero-order valence-electron chi connectivity index (χ0n) is 17.6. The summed E-state index contributed by atoms with van der Waals surface area (Å²) in [5, 5.41) is 3.38. The van der Waals surface area contributed by atoms with Gasteiger partial charge >= 0.3 is 12.0 Å². The molecule has 0 aliphatic heterocycles. The lowest BCUT2D eigenvalue weighted by Gasteiger charge is -2.21. The molecule has 3 aromatic rings. The van der Waals surface area contributed by atoms with Gasteiger partial charge in [0, 0.05) is 17.1 Å². The minimum atomic E-state index is -1.11. The van der Waals surface area contributed by atoms with Crippen molar-refractivity contribution in [2.45, 2.75) is 13.5 Å². The monoisotopic (exact) mass is 474 g/mol. The number of esters is 1. The molecule has 7 nitrogen and oxygen atoms in total. The van der Waals surface area contributed by atoms with E-state index < -0.39 is 29.3 Å². The van der Waals surface area contributed by atoms with Crippen LogP contribution in [0.3, 0.4) is 0 Å². The molecule has 0 fully saturated rings. The van der Waals surface area contributed by atoms with Gasteiger partial charge in [-0.05, 0) is 42.8 Å². The number of aromatic nitrogens is 1. The molecule has 0 unspecified atom stereocenters. The van der Waals surface area contributed by atoms with Crippen molar-refractivity contribution in [3.63, 3.8) is 0 Å². The molecular weight excluding hydrogens is 454 g/mol. The third-order valence-corrected chi connectivity index (χ3v) is 4.97. The molecule has 0 aliphatic carbocycles. The van der Waals surface area contributed by atoms with E-state index in [9.17, 15) is 18.4 Å². The number of nitrogens with one attached hydrogen (secondary N) is 1. The molecule has 10 heteroatoms. The van der Waals surface area contributed by atoms with Crippen molar-refractivity contribution in [1.82, 2.24) is 10.3 Å². The molecule has 3 N–H and O–H groups in total. The lowest BCUT2D eigenvalue weighted by molar-refractivity contribution is -0.142. The molecule has 1 aromatic heterocycles. The second kappa shape index (κ2) is 10.8. The third-order valence-electron chi connectivity index (χ3n) is 4.62. The number of carbonyl (C=O) groups excluding carboxylic acids is 2. The lowest BCUT2D eigenvalue weighted by Crippen LogP contribution is -2.33. The smallest absolute Gasteiger partial charge is 0.325 e. The topological polar surface area (TPSA) is 97.5 Å². The molecule has 0 radical (unpaired) electrons. The highest BCUT2D eigenvalue weighted by atomic mass is 35.5. The zero-order valence-corrected chi connectivity index (χ0v) is 18.4. The van der Waals surface area contributed by atoms with Crippen molar-refractivity contribution in [1.29, 1.82) is 0 Å². The number of anilines is 2. The maximum atomic E-state index is 14.4. The number of ether oxygens (including phenoxy) is 1. The van der Waals surface area contributed by atoms with Crippen LogP contribution in [0.1, 0.15) is 12.5 Å². The van der Waals surface area contributed by atoms with Crippen LogP contribution >= 0.6 is 11.6 Å². The number of nitrogens with zero attached hydrogens (tertiary/aromatic N) is 2. The van der Waals surface area contributed by atoms with E-state index in [0.29, 0.717) is 26.7 Å². The number of nitrogens with two attached hydrogens (primary N) is 1. The molecule has 2 amide bonds. The van der Waals surface area contributed by atoms with E-state index in [-0.39, 0.29) is 25.5 Å². The molecule has 0 saturated carbocycles. The summed E-state index contributed by atoms with van der Waals surface area (Å²) in [6.07, 6.45) is 0. The second-order valence-corrected chi connectivity index (χ2v) is 7.21. The Morgan fingerprint density at radius 1 is 1.09 bits per heavy atom. The summed E-state index contributed by atoms with van der Waals surface area (Å²) in [5.74, 6) is -2.41. The van der Waals surface area contributed by atoms with Gasteiger partial charge < -0.3 is 15.8 Å². The summed E-state index contributed by atoms with van der Waals surface area (Å²) in [5.41, 5.74) is 6.42. The fourth-order valence-electron chi connectivity index (χ4n) is 3.22. The fraction of sp³-hybridized carbons (Fsp3) is 0.174. The summed E-state index contributed by atoms with van der Waals surface area (Å²) in [4.78, 5) is 28.8. The standard InChI is InChI=1S/C23H21ClF2N4O3/c1-2-33-21(31)13-28-12-15-14(6-3-7-16(15)24)19-10-5-11-20(29-19)30(23(27)32)22-17(25)8-4-9-18(22)26/h3-11,28H,2,12-13H2,1H3,(H2,27,32). The number of benzene rings is 2. The summed E-state index contributed by atoms with van der Waals surface area (Å²) < 4.78 is 33.6. The van der Waals surface area contributed by atoms with E-state index >= 15 is 0 Å². The first kappa shape index (κ1) is 24.1. The number of primary amides is 1. The molecule has 172 valence electrons. The van der Waals surface area contributed by atoms with E-state index in [4.69, 9.17) is 22.1 Å². The number of halogens is 3. The number of rotatable bonds is 8. The van der Waals surface area contributed by atoms with Crippen molar-refractivity contribution in [3.05, 3.63) is 76.8 Å². The van der Waals surface area contributed by atoms with Crippen LogP contribution in [0.25, 0.3) is 11.3 Å². The Bertz CT molecular complexity index is 1160. The van der Waals surface area contributed by atoms with Crippen molar-refractivity contribution < 1.29 is 23.1 Å². The molecule has 0 bridgehead atoms. The number of urea groups is 1. The Morgan fingerprint density at radius 3 is 2.42 bits per heavy atom. The first-order chi connectivity index (χ1) is 15.8. The molecule has 1 heterocycles. The maximum Gasteiger partial charge on any atom is 0.325 e. The number of hydrogen-bond donors (Lipinski definition) is 2. The first-order valence-electron chi connectivity index (χ1n) is 9.98. The average Bonchev–Trinajstić information content (AvgIpc) is 2.77. The molecular formula is C23H21ClF2N4O3. The van der Waals surface area contributed by atoms with Crippen LogP contribution in [0.4, 0.5) is 25.1 Å². The van der Waals surface area contributed by atoms with E-state index in [1.54, 1.807) is 37.3 Å². The average molecular weight is 475 g/mol. The van der Waals surface area contributed by atoms with E-state index in [1.807, 2.05) is 0 Å². The van der Waals surface area contributed by atoms with Crippen molar-refractivity contribution in [2.75, 3.05) is 18.1 Å². The largest absolute Gasteiger partial charge is 0.465 e. The van der Waals surface area contributed by atoms with Gasteiger partial charge in [0.25, 0.3) is 0 Å². The van der Waals surface area contributed by atoms with Gasteiger partial charge in [0.05, 0.1) is 18.8 Å². The normalized spacial score (nSPS) is 10.7. The molecule has 0 aliphatic rings. The molecule has 0 spiro atoms. The molecule has 3 rings (SSSR count). The summed E-state index contributed by atoms with van der Waals surface area (Å²) in [6, 6.07) is 11.9. The summed E-state index contributed by atoms with van der Waals surface area (Å²) in [7, 11) is 0. The van der Waals surface area contributed by atoms with Crippen molar-refractivity contribution in [2.24, 2.45) is 5.73 Å². The predicted octanol–water partition coefficient (Wildman–Crippen LogP) is 4.55. The van der Waals surface area contributed by atoms with Gasteiger partial charge in [-0.25, -0.2) is 23.5 Å². The predicted molar refractivity (Wildman–Crippen MR) is 121 cm³/mol. The first-order valence-corrected chi connectivity index (χ1v) is 10.4. The molecule has 0 atom stereocenters. The second-order valence-electron chi connectivity index (χ2n) is 6.80. The fourth-order valence-corrected chi connectivity index (χ4v) is 3.46. The van der Waals surface area contributed by atoms with Gasteiger partial charge in [-0.15, -0.1) is 0 Å². The van der Waals surface area contributed by atoms with Gasteiger partial charge in [-0.2, -0.15) is 0 Å². The van der Waals surface area contributed by atoms with E-state index in [2.05, 4.69) is 10.3 Å². The lowest BCUT2D eigenvalue weighted by atomic mass is 10.0. The highest BCUT2D eigenvalue weighted by Gasteiger charge is 2.24. The number of pyridine rings is 1. The van der Waals surface area contributed by atoms with E-state index in [0.717, 1.165) is 12.1 Å². The van der Waals surface area contributed by atoms with Crippen LogP contribution in [0, 0.1) is 11.6 Å². The highest BCUT2D eigenvalue weighted by molar-refractivity contribution is 6.31. The number of amides is 2. The van der Waals surface area contributed by atoms with Crippen LogP contribution < -0.4 is 16.0 Å². The molecule has 33 heavy (non-hydrogen) atoms. The Morgan fingerprint density at radius 2 is 1.76 bits per heavy atom. The third kappa shape index (κ3) is 5.63. The quantitative estimate of drug-likeness (QED) is 0.467. The zero-order chi connectivity index (χ0) is 24.0. The van der Waals surface area contributed by atoms with Crippen LogP contribution in [0.15, 0.2) is 54.6 Å². The van der Waals surface area contributed by atoms with Gasteiger partial charge in [-0.1, -0.05) is 35.9 Å².